The number of ketones is 1. The molecule has 3 heterocycles. The molecule has 0 bridgehead atoms. The van der Waals surface area contributed by atoms with Gasteiger partial charge in [-0.15, -0.1) is 0 Å². The van der Waals surface area contributed by atoms with Crippen molar-refractivity contribution in [3.8, 4) is 0 Å². The lowest BCUT2D eigenvalue weighted by molar-refractivity contribution is -0.384. The molecular formula is C24H19ClN4O4. The molecule has 9 heteroatoms. The van der Waals surface area contributed by atoms with Gasteiger partial charge in [-0.1, -0.05) is 29.8 Å². The first-order valence-corrected chi connectivity index (χ1v) is 10.7. The molecular weight excluding hydrogens is 444 g/mol. The Morgan fingerprint density at radius 2 is 1.97 bits per heavy atom. The predicted octanol–water partition coefficient (Wildman–Crippen LogP) is 4.02. The fourth-order valence-electron chi connectivity index (χ4n) is 5.22. The van der Waals surface area contributed by atoms with Gasteiger partial charge in [0.1, 0.15) is 11.2 Å². The Morgan fingerprint density at radius 1 is 1.21 bits per heavy atom. The number of amides is 1. The molecule has 3 aromatic rings. The summed E-state index contributed by atoms with van der Waals surface area (Å²) in [7, 11) is 1.81. The van der Waals surface area contributed by atoms with E-state index >= 15 is 0 Å². The fourth-order valence-corrected chi connectivity index (χ4v) is 5.39. The SMILES string of the molecule is CN1C[C@H](c2ccc([N+](=O)[O-])cc2)[C@@H](C(=O)c2ccccn2)[C@@]12C(=O)Nc1ccc(Cl)cc12. The van der Waals surface area contributed by atoms with Gasteiger partial charge in [-0.2, -0.15) is 0 Å². The number of nitro benzene ring substituents is 1. The van der Waals surface area contributed by atoms with Gasteiger partial charge in [0.25, 0.3) is 5.69 Å². The maximum atomic E-state index is 13.9. The normalized spacial score (nSPS) is 24.0. The number of likely N-dealkylation sites (tertiary alicyclic amines) is 1. The summed E-state index contributed by atoms with van der Waals surface area (Å²) in [6, 6.07) is 16.4. The number of likely N-dealkylation sites (N-methyl/N-ethyl adjacent to an activating group) is 1. The summed E-state index contributed by atoms with van der Waals surface area (Å²) in [5.41, 5.74) is 0.916. The number of halogens is 1. The van der Waals surface area contributed by atoms with Gasteiger partial charge < -0.3 is 5.32 Å². The van der Waals surface area contributed by atoms with Crippen molar-refractivity contribution in [3.63, 3.8) is 0 Å². The fraction of sp³-hybridized carbons (Fsp3) is 0.208. The second-order valence-corrected chi connectivity index (χ2v) is 8.74. The number of nitro groups is 1. The number of hydrogen-bond acceptors (Lipinski definition) is 6. The van der Waals surface area contributed by atoms with E-state index in [4.69, 9.17) is 11.6 Å². The molecule has 1 aromatic heterocycles. The lowest BCUT2D eigenvalue weighted by Gasteiger charge is -2.35. The van der Waals surface area contributed by atoms with E-state index < -0.39 is 22.3 Å². The maximum Gasteiger partial charge on any atom is 0.269 e. The first kappa shape index (κ1) is 21.2. The third-order valence-corrected chi connectivity index (χ3v) is 6.88. The number of non-ortho nitro benzene ring substituents is 1. The number of Topliss-reactive ketones (excluding diaryl/α,β-unsaturated/α-hetero) is 1. The van der Waals surface area contributed by atoms with Gasteiger partial charge in [0.15, 0.2) is 5.78 Å². The Hall–Kier alpha value is -3.62. The standard InChI is InChI=1S/C24H19ClN4O4/c1-28-13-17(14-5-8-16(9-6-14)29(32)33)21(22(30)20-4-2-3-11-26-20)24(28)18-12-15(25)7-10-19(18)27-23(24)31/h2-12,17,21H,13H2,1H3,(H,27,31)/t17-,21+,24+/m1/s1. The first-order valence-electron chi connectivity index (χ1n) is 10.4. The molecule has 2 aliphatic heterocycles. The van der Waals surface area contributed by atoms with Gasteiger partial charge in [0, 0.05) is 47.1 Å². The summed E-state index contributed by atoms with van der Waals surface area (Å²) < 4.78 is 0. The Bertz CT molecular complexity index is 1280. The summed E-state index contributed by atoms with van der Waals surface area (Å²) in [6.07, 6.45) is 1.54. The zero-order valence-electron chi connectivity index (χ0n) is 17.6. The van der Waals surface area contributed by atoms with E-state index in [0.717, 1.165) is 5.56 Å². The van der Waals surface area contributed by atoms with Crippen LogP contribution in [0.1, 0.15) is 27.5 Å². The molecule has 1 saturated heterocycles. The molecule has 5 rings (SSSR count). The second-order valence-electron chi connectivity index (χ2n) is 8.30. The predicted molar refractivity (Wildman–Crippen MR) is 122 cm³/mol. The molecule has 0 saturated carbocycles. The summed E-state index contributed by atoms with van der Waals surface area (Å²) >= 11 is 6.31. The first-order chi connectivity index (χ1) is 15.8. The molecule has 2 aliphatic rings. The quantitative estimate of drug-likeness (QED) is 0.356. The second kappa shape index (κ2) is 7.75. The van der Waals surface area contributed by atoms with Crippen LogP contribution in [0.3, 0.4) is 0 Å². The molecule has 33 heavy (non-hydrogen) atoms. The van der Waals surface area contributed by atoms with Crippen molar-refractivity contribution in [2.75, 3.05) is 18.9 Å². The highest BCUT2D eigenvalue weighted by Gasteiger charge is 2.64. The van der Waals surface area contributed by atoms with Gasteiger partial charge in [0.05, 0.1) is 10.8 Å². The number of carbonyl (C=O) groups is 2. The highest BCUT2D eigenvalue weighted by molar-refractivity contribution is 6.31. The minimum atomic E-state index is -1.29. The molecule has 1 spiro atoms. The van der Waals surface area contributed by atoms with Gasteiger partial charge >= 0.3 is 0 Å². The highest BCUT2D eigenvalue weighted by atomic mass is 35.5. The highest BCUT2D eigenvalue weighted by Crippen LogP contribution is 2.55. The summed E-state index contributed by atoms with van der Waals surface area (Å²) in [6.45, 7) is 0.389. The van der Waals surface area contributed by atoms with Crippen molar-refractivity contribution in [2.45, 2.75) is 11.5 Å². The minimum absolute atomic E-state index is 0.0387. The third kappa shape index (κ3) is 3.13. The minimum Gasteiger partial charge on any atom is -0.324 e. The molecule has 2 aromatic carbocycles. The molecule has 166 valence electrons. The zero-order chi connectivity index (χ0) is 23.3. The largest absolute Gasteiger partial charge is 0.324 e. The molecule has 1 amide bonds. The van der Waals surface area contributed by atoms with E-state index in [9.17, 15) is 19.7 Å². The third-order valence-electron chi connectivity index (χ3n) is 6.64. The van der Waals surface area contributed by atoms with Crippen LogP contribution in [0.2, 0.25) is 5.02 Å². The molecule has 0 radical (unpaired) electrons. The van der Waals surface area contributed by atoms with E-state index in [2.05, 4.69) is 10.3 Å². The average molecular weight is 463 g/mol. The van der Waals surface area contributed by atoms with Crippen LogP contribution >= 0.6 is 11.6 Å². The number of rotatable bonds is 4. The summed E-state index contributed by atoms with van der Waals surface area (Å²) in [5, 5.41) is 14.5. The monoisotopic (exact) mass is 462 g/mol. The number of carbonyl (C=O) groups excluding carboxylic acids is 2. The van der Waals surface area contributed by atoms with Crippen LogP contribution in [0.4, 0.5) is 11.4 Å². The summed E-state index contributed by atoms with van der Waals surface area (Å²) in [5.74, 6) is -1.80. The van der Waals surface area contributed by atoms with Crippen LogP contribution in [-0.2, 0) is 10.3 Å². The number of nitrogens with one attached hydrogen (secondary N) is 1. The summed E-state index contributed by atoms with van der Waals surface area (Å²) in [4.78, 5) is 44.3. The average Bonchev–Trinajstić information content (AvgIpc) is 3.29. The van der Waals surface area contributed by atoms with Crippen LogP contribution in [0.5, 0.6) is 0 Å². The van der Waals surface area contributed by atoms with Crippen LogP contribution in [0, 0.1) is 16.0 Å². The molecule has 0 unspecified atom stereocenters. The molecule has 0 aliphatic carbocycles. The number of benzene rings is 2. The Kier molecular flexibility index (Phi) is 4.99. The Morgan fingerprint density at radius 3 is 2.64 bits per heavy atom. The smallest absolute Gasteiger partial charge is 0.269 e. The van der Waals surface area contributed by atoms with E-state index in [1.54, 1.807) is 61.8 Å². The molecule has 3 atom stereocenters. The van der Waals surface area contributed by atoms with E-state index in [1.165, 1.54) is 12.1 Å². The van der Waals surface area contributed by atoms with Gasteiger partial charge in [-0.05, 0) is 42.9 Å². The Balaban J connectivity index is 1.71. The number of fused-ring (bicyclic) bond motifs is 2. The van der Waals surface area contributed by atoms with Gasteiger partial charge in [-0.25, -0.2) is 0 Å². The number of nitrogens with zero attached hydrogens (tertiary/aromatic N) is 3. The van der Waals surface area contributed by atoms with Crippen LogP contribution in [-0.4, -0.2) is 40.1 Å². The van der Waals surface area contributed by atoms with Gasteiger partial charge in [-0.3, -0.25) is 29.6 Å². The van der Waals surface area contributed by atoms with Crippen molar-refractivity contribution >= 4 is 34.7 Å². The van der Waals surface area contributed by atoms with Crippen molar-refractivity contribution in [1.29, 1.82) is 0 Å². The van der Waals surface area contributed by atoms with Crippen molar-refractivity contribution in [1.82, 2.24) is 9.88 Å². The topological polar surface area (TPSA) is 105 Å². The lowest BCUT2D eigenvalue weighted by atomic mass is 9.71. The van der Waals surface area contributed by atoms with Gasteiger partial charge in [0.2, 0.25) is 5.91 Å². The van der Waals surface area contributed by atoms with Crippen molar-refractivity contribution in [3.05, 3.63) is 98.8 Å². The van der Waals surface area contributed by atoms with E-state index in [1.807, 2.05) is 4.90 Å². The van der Waals surface area contributed by atoms with Crippen molar-refractivity contribution < 1.29 is 14.5 Å². The maximum absolute atomic E-state index is 13.9. The Labute approximate surface area is 194 Å². The van der Waals surface area contributed by atoms with Crippen molar-refractivity contribution in [2.24, 2.45) is 5.92 Å². The number of anilines is 1. The van der Waals surface area contributed by atoms with Crippen LogP contribution in [0.25, 0.3) is 0 Å². The molecule has 8 nitrogen and oxygen atoms in total. The van der Waals surface area contributed by atoms with E-state index in [0.29, 0.717) is 22.8 Å². The lowest BCUT2D eigenvalue weighted by Crippen LogP contribution is -2.51. The molecule has 1 fully saturated rings. The van der Waals surface area contributed by atoms with Crippen LogP contribution < -0.4 is 5.32 Å². The molecule has 1 N–H and O–H groups in total. The number of hydrogen-bond donors (Lipinski definition) is 1. The number of aromatic nitrogens is 1. The number of pyridine rings is 1. The van der Waals surface area contributed by atoms with Crippen LogP contribution in [0.15, 0.2) is 66.9 Å². The van der Waals surface area contributed by atoms with E-state index in [-0.39, 0.29) is 23.1 Å². The zero-order valence-corrected chi connectivity index (χ0v) is 18.3.